The lowest BCUT2D eigenvalue weighted by molar-refractivity contribution is 0.000800. The van der Waals surface area contributed by atoms with Gasteiger partial charge in [-0.3, -0.25) is 9.80 Å². The van der Waals surface area contributed by atoms with Crippen LogP contribution in [0.25, 0.3) is 0 Å². The molecule has 1 unspecified atom stereocenters. The van der Waals surface area contributed by atoms with Gasteiger partial charge in [-0.05, 0) is 29.8 Å². The number of nitrogens with zero attached hydrogens (tertiary/aromatic N) is 2. The van der Waals surface area contributed by atoms with Crippen LogP contribution >= 0.6 is 11.6 Å². The molecule has 1 atom stereocenters. The normalized spacial score (nSPS) is 18.0. The van der Waals surface area contributed by atoms with Gasteiger partial charge >= 0.3 is 0 Å². The molecule has 1 N–H and O–H groups in total. The number of aliphatic hydroxyl groups excluding tert-OH is 1. The summed E-state index contributed by atoms with van der Waals surface area (Å²) in [6.07, 6.45) is -0.563. The molecule has 0 bridgehead atoms. The number of hydrogen-bond acceptors (Lipinski definition) is 6. The monoisotopic (exact) mass is 436 g/mol. The van der Waals surface area contributed by atoms with E-state index < -0.39 is 6.10 Å². The van der Waals surface area contributed by atoms with Crippen molar-refractivity contribution in [1.29, 1.82) is 0 Å². The van der Waals surface area contributed by atoms with Gasteiger partial charge in [0.25, 0.3) is 0 Å². The van der Waals surface area contributed by atoms with Gasteiger partial charge in [-0.1, -0.05) is 23.7 Å². The third-order valence-electron chi connectivity index (χ3n) is 5.39. The van der Waals surface area contributed by atoms with Gasteiger partial charge in [0, 0.05) is 49.9 Å². The molecule has 0 aliphatic carbocycles. The average molecular weight is 437 g/mol. The van der Waals surface area contributed by atoms with Crippen molar-refractivity contribution in [3.05, 3.63) is 58.4 Å². The summed E-state index contributed by atoms with van der Waals surface area (Å²) in [6.45, 7) is 5.20. The molecule has 0 spiro atoms. The van der Waals surface area contributed by atoms with Gasteiger partial charge in [0.05, 0.1) is 19.3 Å². The quantitative estimate of drug-likeness (QED) is 0.686. The number of rotatable bonds is 8. The molecule has 2 aliphatic rings. The minimum Gasteiger partial charge on any atom is -0.454 e. The number of piperazine rings is 1. The van der Waals surface area contributed by atoms with E-state index in [1.165, 1.54) is 6.07 Å². The highest BCUT2D eigenvalue weighted by atomic mass is 35.5. The van der Waals surface area contributed by atoms with Crippen molar-refractivity contribution in [3.8, 4) is 11.5 Å². The summed E-state index contributed by atoms with van der Waals surface area (Å²) in [4.78, 5) is 4.39. The van der Waals surface area contributed by atoms with E-state index in [4.69, 9.17) is 25.8 Å². The average Bonchev–Trinajstić information content (AvgIpc) is 3.20. The van der Waals surface area contributed by atoms with Crippen molar-refractivity contribution in [2.24, 2.45) is 0 Å². The Balaban J connectivity index is 1.16. The number of fused-ring (bicyclic) bond motifs is 1. The summed E-state index contributed by atoms with van der Waals surface area (Å²) < 4.78 is 30.3. The maximum atomic E-state index is 14.0. The second-order valence-corrected chi connectivity index (χ2v) is 8.04. The molecule has 2 aliphatic heterocycles. The zero-order valence-corrected chi connectivity index (χ0v) is 17.5. The Hall–Kier alpha value is -1.90. The Morgan fingerprint density at radius 3 is 2.63 bits per heavy atom. The number of hydrogen-bond donors (Lipinski definition) is 1. The fourth-order valence-corrected chi connectivity index (χ4v) is 3.95. The molecule has 162 valence electrons. The molecule has 2 heterocycles. The summed E-state index contributed by atoms with van der Waals surface area (Å²) in [5, 5.41) is 10.8. The lowest BCUT2D eigenvalue weighted by Crippen LogP contribution is -2.48. The molecule has 6 nitrogen and oxygen atoms in total. The molecule has 2 aromatic rings. The molecule has 8 heteroatoms. The molecule has 0 radical (unpaired) electrons. The first-order valence-corrected chi connectivity index (χ1v) is 10.5. The van der Waals surface area contributed by atoms with Crippen LogP contribution in [0.3, 0.4) is 0 Å². The molecular weight excluding hydrogens is 411 g/mol. The summed E-state index contributed by atoms with van der Waals surface area (Å²) >= 11 is 6.13. The van der Waals surface area contributed by atoms with Crippen molar-refractivity contribution in [1.82, 2.24) is 9.80 Å². The Kier molecular flexibility index (Phi) is 7.07. The molecule has 1 saturated heterocycles. The zero-order chi connectivity index (χ0) is 20.9. The Bertz CT molecular complexity index is 841. The van der Waals surface area contributed by atoms with Crippen LogP contribution in [0.5, 0.6) is 11.5 Å². The summed E-state index contributed by atoms with van der Waals surface area (Å²) in [7, 11) is 0. The minimum atomic E-state index is -0.563. The third kappa shape index (κ3) is 5.42. The summed E-state index contributed by atoms with van der Waals surface area (Å²) in [5.74, 6) is 1.21. The van der Waals surface area contributed by atoms with Crippen molar-refractivity contribution < 1.29 is 23.7 Å². The van der Waals surface area contributed by atoms with Gasteiger partial charge in [0.15, 0.2) is 11.5 Å². The Labute approximate surface area is 180 Å². The van der Waals surface area contributed by atoms with E-state index in [-0.39, 0.29) is 19.2 Å². The lowest BCUT2D eigenvalue weighted by Gasteiger charge is -2.35. The molecule has 4 rings (SSSR count). The zero-order valence-electron chi connectivity index (χ0n) is 16.7. The minimum absolute atomic E-state index is 0.249. The van der Waals surface area contributed by atoms with Crippen LogP contribution in [0.2, 0.25) is 5.02 Å². The molecule has 2 aromatic carbocycles. The van der Waals surface area contributed by atoms with Crippen molar-refractivity contribution in [2.45, 2.75) is 19.3 Å². The topological polar surface area (TPSA) is 54.4 Å². The van der Waals surface area contributed by atoms with E-state index in [1.807, 2.05) is 18.2 Å². The van der Waals surface area contributed by atoms with Crippen molar-refractivity contribution in [3.63, 3.8) is 0 Å². The third-order valence-corrected chi connectivity index (χ3v) is 5.75. The van der Waals surface area contributed by atoms with Crippen LogP contribution in [0.4, 0.5) is 4.39 Å². The van der Waals surface area contributed by atoms with Crippen molar-refractivity contribution >= 4 is 11.6 Å². The number of aliphatic hydroxyl groups is 1. The van der Waals surface area contributed by atoms with E-state index in [0.29, 0.717) is 30.3 Å². The van der Waals surface area contributed by atoms with Crippen LogP contribution in [0.15, 0.2) is 36.4 Å². The highest BCUT2D eigenvalue weighted by Crippen LogP contribution is 2.32. The largest absolute Gasteiger partial charge is 0.454 e. The van der Waals surface area contributed by atoms with E-state index >= 15 is 0 Å². The van der Waals surface area contributed by atoms with Crippen LogP contribution in [0.1, 0.15) is 11.1 Å². The number of halogens is 2. The standard InChI is InChI=1S/C22H26ClFN2O4/c23-19-2-1-3-20(24)18(19)12-26-8-6-25(7-9-26)11-17(27)14-28-13-16-4-5-21-22(10-16)30-15-29-21/h1-5,10,17,27H,6-9,11-15H2. The van der Waals surface area contributed by atoms with Gasteiger partial charge in [-0.15, -0.1) is 0 Å². The molecule has 30 heavy (non-hydrogen) atoms. The van der Waals surface area contributed by atoms with E-state index in [0.717, 1.165) is 43.2 Å². The first kappa shape index (κ1) is 21.3. The maximum Gasteiger partial charge on any atom is 0.231 e. The fraction of sp³-hybridized carbons (Fsp3) is 0.455. The van der Waals surface area contributed by atoms with E-state index in [1.54, 1.807) is 12.1 Å². The Morgan fingerprint density at radius 2 is 1.83 bits per heavy atom. The summed E-state index contributed by atoms with van der Waals surface area (Å²) in [5.41, 5.74) is 1.52. The number of β-amino-alcohol motifs (C(OH)–C–C–N with tert-alkyl or cyclic N) is 1. The first-order valence-electron chi connectivity index (χ1n) is 10.1. The van der Waals surface area contributed by atoms with Gasteiger partial charge in [-0.25, -0.2) is 4.39 Å². The highest BCUT2D eigenvalue weighted by molar-refractivity contribution is 6.31. The maximum absolute atomic E-state index is 14.0. The SMILES string of the molecule is OC(COCc1ccc2c(c1)OCO2)CN1CCN(Cc2c(F)cccc2Cl)CC1. The predicted molar refractivity (Wildman–Crippen MR) is 111 cm³/mol. The second-order valence-electron chi connectivity index (χ2n) is 7.63. The highest BCUT2D eigenvalue weighted by Gasteiger charge is 2.21. The van der Waals surface area contributed by atoms with Crippen LogP contribution in [-0.4, -0.2) is 67.1 Å². The molecule has 0 amide bonds. The lowest BCUT2D eigenvalue weighted by atomic mass is 10.1. The van der Waals surface area contributed by atoms with Crippen LogP contribution in [-0.2, 0) is 17.9 Å². The number of benzene rings is 2. The molecule has 0 aromatic heterocycles. The van der Waals surface area contributed by atoms with Gasteiger partial charge in [0.1, 0.15) is 5.82 Å². The van der Waals surface area contributed by atoms with Gasteiger partial charge < -0.3 is 19.3 Å². The molecule has 1 fully saturated rings. The van der Waals surface area contributed by atoms with E-state index in [2.05, 4.69) is 9.80 Å². The summed E-state index contributed by atoms with van der Waals surface area (Å²) in [6, 6.07) is 10.5. The van der Waals surface area contributed by atoms with Crippen LogP contribution in [0, 0.1) is 5.82 Å². The smallest absolute Gasteiger partial charge is 0.231 e. The second kappa shape index (κ2) is 9.94. The van der Waals surface area contributed by atoms with Gasteiger partial charge in [0.2, 0.25) is 6.79 Å². The fourth-order valence-electron chi connectivity index (χ4n) is 3.73. The number of ether oxygens (including phenoxy) is 3. The molecule has 0 saturated carbocycles. The van der Waals surface area contributed by atoms with Crippen molar-refractivity contribution in [2.75, 3.05) is 46.1 Å². The predicted octanol–water partition coefficient (Wildman–Crippen LogP) is 2.90. The Morgan fingerprint density at radius 1 is 1.07 bits per heavy atom. The van der Waals surface area contributed by atoms with Crippen LogP contribution < -0.4 is 9.47 Å². The molecular formula is C22H26ClFN2O4. The van der Waals surface area contributed by atoms with E-state index in [9.17, 15) is 9.50 Å². The van der Waals surface area contributed by atoms with Gasteiger partial charge in [-0.2, -0.15) is 0 Å². The first-order chi connectivity index (χ1) is 14.6.